The molecule has 2 heterocycles. The Kier molecular flexibility index (Phi) is 3.42. The Morgan fingerprint density at radius 2 is 1.89 bits per heavy atom. The molecule has 1 saturated heterocycles. The topological polar surface area (TPSA) is 29.9 Å². The monoisotopic (exact) mass is 241 g/mol. The zero-order valence-corrected chi connectivity index (χ0v) is 10.5. The number of rotatable bonds is 3. The predicted molar refractivity (Wildman–Crippen MR) is 72.9 cm³/mol. The first kappa shape index (κ1) is 11.5. The minimum absolute atomic E-state index is 0.797. The number of nitrogens with one attached hydrogen (secondary N) is 1. The van der Waals surface area contributed by atoms with E-state index < -0.39 is 0 Å². The van der Waals surface area contributed by atoms with Crippen molar-refractivity contribution in [1.82, 2.24) is 15.1 Å². The Morgan fingerprint density at radius 1 is 1.11 bits per heavy atom. The zero-order chi connectivity index (χ0) is 12.2. The lowest BCUT2D eigenvalue weighted by Gasteiger charge is -2.22. The van der Waals surface area contributed by atoms with Crippen molar-refractivity contribution < 1.29 is 0 Å². The Hall–Kier alpha value is -1.61. The third kappa shape index (κ3) is 2.46. The van der Waals surface area contributed by atoms with Gasteiger partial charge in [-0.05, 0) is 56.5 Å². The summed E-state index contributed by atoms with van der Waals surface area (Å²) in [6, 6.07) is 12.5. The van der Waals surface area contributed by atoms with Gasteiger partial charge in [-0.25, -0.2) is 4.68 Å². The third-order valence-corrected chi connectivity index (χ3v) is 3.68. The third-order valence-electron chi connectivity index (χ3n) is 3.68. The van der Waals surface area contributed by atoms with Crippen molar-refractivity contribution in [2.45, 2.75) is 19.3 Å². The van der Waals surface area contributed by atoms with Crippen LogP contribution in [-0.4, -0.2) is 22.9 Å². The molecule has 0 spiro atoms. The molecule has 3 heteroatoms. The molecule has 0 unspecified atom stereocenters. The molecule has 94 valence electrons. The van der Waals surface area contributed by atoms with E-state index in [1.807, 2.05) is 12.3 Å². The van der Waals surface area contributed by atoms with Crippen molar-refractivity contribution in [1.29, 1.82) is 0 Å². The molecule has 0 saturated carbocycles. The minimum Gasteiger partial charge on any atom is -0.317 e. The first-order valence-corrected chi connectivity index (χ1v) is 6.72. The Bertz CT molecular complexity index is 483. The van der Waals surface area contributed by atoms with Crippen molar-refractivity contribution in [2.24, 2.45) is 5.92 Å². The molecule has 3 nitrogen and oxygen atoms in total. The maximum Gasteiger partial charge on any atom is 0.0648 e. The number of aromatic nitrogens is 2. The number of benzene rings is 1. The number of hydrogen-bond acceptors (Lipinski definition) is 2. The largest absolute Gasteiger partial charge is 0.317 e. The second-order valence-electron chi connectivity index (χ2n) is 4.97. The highest BCUT2D eigenvalue weighted by Gasteiger charge is 2.16. The maximum absolute atomic E-state index is 4.45. The summed E-state index contributed by atoms with van der Waals surface area (Å²) in [4.78, 5) is 0. The molecule has 3 rings (SSSR count). The molecule has 2 aromatic rings. The molecule has 1 aromatic heterocycles. The van der Waals surface area contributed by atoms with Crippen LogP contribution in [0.5, 0.6) is 0 Å². The normalized spacial score (nSPS) is 16.9. The second kappa shape index (κ2) is 5.36. The summed E-state index contributed by atoms with van der Waals surface area (Å²) in [7, 11) is 0. The van der Waals surface area contributed by atoms with E-state index in [1.54, 1.807) is 0 Å². The van der Waals surface area contributed by atoms with E-state index in [0.717, 1.165) is 31.1 Å². The zero-order valence-electron chi connectivity index (χ0n) is 10.5. The van der Waals surface area contributed by atoms with Gasteiger partial charge in [-0.2, -0.15) is 5.10 Å². The van der Waals surface area contributed by atoms with Gasteiger partial charge in [0.15, 0.2) is 0 Å². The van der Waals surface area contributed by atoms with Crippen LogP contribution in [0, 0.1) is 5.92 Å². The highest BCUT2D eigenvalue weighted by Crippen LogP contribution is 2.19. The van der Waals surface area contributed by atoms with Gasteiger partial charge in [-0.3, -0.25) is 0 Å². The molecule has 0 amide bonds. The Labute approximate surface area is 108 Å². The summed E-state index contributed by atoms with van der Waals surface area (Å²) < 4.78 is 2.07. The fourth-order valence-electron chi connectivity index (χ4n) is 2.67. The summed E-state index contributed by atoms with van der Waals surface area (Å²) in [6.07, 6.45) is 5.60. The summed E-state index contributed by atoms with van der Waals surface area (Å²) in [6.45, 7) is 2.31. The van der Waals surface area contributed by atoms with Crippen LogP contribution in [0.4, 0.5) is 0 Å². The SMILES string of the molecule is c1ccc(-n2nccc2CC2CCNCC2)cc1. The van der Waals surface area contributed by atoms with E-state index >= 15 is 0 Å². The molecule has 0 aliphatic carbocycles. The van der Waals surface area contributed by atoms with Crippen molar-refractivity contribution in [3.05, 3.63) is 48.3 Å². The smallest absolute Gasteiger partial charge is 0.0648 e. The first-order chi connectivity index (χ1) is 8.93. The molecule has 1 aliphatic rings. The molecule has 1 aliphatic heterocycles. The average Bonchev–Trinajstić information content (AvgIpc) is 2.89. The van der Waals surface area contributed by atoms with E-state index in [-0.39, 0.29) is 0 Å². The molecular formula is C15H19N3. The molecule has 1 fully saturated rings. The second-order valence-corrected chi connectivity index (χ2v) is 4.97. The van der Waals surface area contributed by atoms with Crippen LogP contribution in [0.2, 0.25) is 0 Å². The van der Waals surface area contributed by atoms with Gasteiger partial charge in [0.1, 0.15) is 0 Å². The van der Waals surface area contributed by atoms with Crippen LogP contribution in [-0.2, 0) is 6.42 Å². The van der Waals surface area contributed by atoms with Crippen LogP contribution >= 0.6 is 0 Å². The van der Waals surface area contributed by atoms with Crippen LogP contribution < -0.4 is 5.32 Å². The maximum atomic E-state index is 4.45. The number of piperidine rings is 1. The standard InChI is InChI=1S/C15H19N3/c1-2-4-14(5-3-1)18-15(8-11-17-18)12-13-6-9-16-10-7-13/h1-5,8,11,13,16H,6-7,9-10,12H2. The van der Waals surface area contributed by atoms with E-state index in [2.05, 4.69) is 45.4 Å². The highest BCUT2D eigenvalue weighted by molar-refractivity contribution is 5.32. The van der Waals surface area contributed by atoms with Crippen molar-refractivity contribution in [3.8, 4) is 5.69 Å². The molecular weight excluding hydrogens is 222 g/mol. The number of nitrogens with zero attached hydrogens (tertiary/aromatic N) is 2. The number of para-hydroxylation sites is 1. The summed E-state index contributed by atoms with van der Waals surface area (Å²) in [5.41, 5.74) is 2.49. The molecule has 1 N–H and O–H groups in total. The van der Waals surface area contributed by atoms with Crippen LogP contribution in [0.15, 0.2) is 42.6 Å². The minimum atomic E-state index is 0.797. The Balaban J connectivity index is 1.79. The molecule has 0 bridgehead atoms. The summed E-state index contributed by atoms with van der Waals surface area (Å²) in [5, 5.41) is 7.87. The van der Waals surface area contributed by atoms with Gasteiger partial charge >= 0.3 is 0 Å². The lowest BCUT2D eigenvalue weighted by atomic mass is 9.93. The lowest BCUT2D eigenvalue weighted by molar-refractivity contribution is 0.368. The lowest BCUT2D eigenvalue weighted by Crippen LogP contribution is -2.29. The van der Waals surface area contributed by atoms with Crippen LogP contribution in [0.1, 0.15) is 18.5 Å². The molecule has 1 aromatic carbocycles. The van der Waals surface area contributed by atoms with Gasteiger partial charge in [0.25, 0.3) is 0 Å². The average molecular weight is 241 g/mol. The van der Waals surface area contributed by atoms with E-state index in [4.69, 9.17) is 0 Å². The fourth-order valence-corrected chi connectivity index (χ4v) is 2.67. The predicted octanol–water partition coefficient (Wildman–Crippen LogP) is 2.41. The summed E-state index contributed by atoms with van der Waals surface area (Å²) >= 11 is 0. The highest BCUT2D eigenvalue weighted by atomic mass is 15.3. The molecule has 18 heavy (non-hydrogen) atoms. The quantitative estimate of drug-likeness (QED) is 0.894. The van der Waals surface area contributed by atoms with Gasteiger partial charge in [0, 0.05) is 11.9 Å². The Morgan fingerprint density at radius 3 is 2.67 bits per heavy atom. The van der Waals surface area contributed by atoms with E-state index in [1.165, 1.54) is 18.5 Å². The fraction of sp³-hybridized carbons (Fsp3) is 0.400. The van der Waals surface area contributed by atoms with Gasteiger partial charge in [0.05, 0.1) is 5.69 Å². The van der Waals surface area contributed by atoms with Crippen LogP contribution in [0.25, 0.3) is 5.69 Å². The van der Waals surface area contributed by atoms with Gasteiger partial charge < -0.3 is 5.32 Å². The van der Waals surface area contributed by atoms with Crippen molar-refractivity contribution in [2.75, 3.05) is 13.1 Å². The van der Waals surface area contributed by atoms with Gasteiger partial charge in [-0.1, -0.05) is 18.2 Å². The van der Waals surface area contributed by atoms with E-state index in [0.29, 0.717) is 0 Å². The van der Waals surface area contributed by atoms with Crippen molar-refractivity contribution in [3.63, 3.8) is 0 Å². The van der Waals surface area contributed by atoms with Gasteiger partial charge in [0.2, 0.25) is 0 Å². The van der Waals surface area contributed by atoms with Crippen molar-refractivity contribution >= 4 is 0 Å². The summed E-state index contributed by atoms with van der Waals surface area (Å²) in [5.74, 6) is 0.797. The van der Waals surface area contributed by atoms with E-state index in [9.17, 15) is 0 Å². The van der Waals surface area contributed by atoms with Gasteiger partial charge in [-0.15, -0.1) is 0 Å². The molecule has 0 atom stereocenters. The van der Waals surface area contributed by atoms with Crippen LogP contribution in [0.3, 0.4) is 0 Å². The number of hydrogen-bond donors (Lipinski definition) is 1. The molecule has 0 radical (unpaired) electrons. The first-order valence-electron chi connectivity index (χ1n) is 6.72.